The van der Waals surface area contributed by atoms with Crippen LogP contribution in [-0.4, -0.2) is 18.0 Å². The van der Waals surface area contributed by atoms with Crippen LogP contribution < -0.4 is 10.1 Å². The Hall–Kier alpha value is -2.66. The van der Waals surface area contributed by atoms with Crippen LogP contribution in [0.4, 0.5) is 5.13 Å². The Bertz CT molecular complexity index is 857. The first-order chi connectivity index (χ1) is 12.7. The molecule has 26 heavy (non-hydrogen) atoms. The number of nitrogens with one attached hydrogen (secondary N) is 1. The lowest BCUT2D eigenvalue weighted by molar-refractivity contribution is -0.116. The van der Waals surface area contributed by atoms with Crippen molar-refractivity contribution in [2.24, 2.45) is 0 Å². The van der Waals surface area contributed by atoms with Crippen molar-refractivity contribution >= 4 is 22.4 Å². The number of aromatic nitrogens is 1. The predicted molar refractivity (Wildman–Crippen MR) is 107 cm³/mol. The van der Waals surface area contributed by atoms with Crippen molar-refractivity contribution in [2.75, 3.05) is 12.4 Å². The van der Waals surface area contributed by atoms with E-state index in [1.54, 1.807) is 18.4 Å². The summed E-state index contributed by atoms with van der Waals surface area (Å²) in [4.78, 5) is 18.1. The molecule has 0 unspecified atom stereocenters. The molecule has 1 amide bonds. The van der Waals surface area contributed by atoms with E-state index >= 15 is 0 Å². The second-order valence-electron chi connectivity index (χ2n) is 5.91. The molecule has 0 radical (unpaired) electrons. The molecule has 0 spiro atoms. The van der Waals surface area contributed by atoms with Crippen molar-refractivity contribution in [2.45, 2.75) is 26.2 Å². The highest BCUT2D eigenvalue weighted by atomic mass is 32.1. The van der Waals surface area contributed by atoms with Gasteiger partial charge in [0, 0.05) is 16.9 Å². The number of amides is 1. The van der Waals surface area contributed by atoms with Crippen LogP contribution in [-0.2, 0) is 17.6 Å². The van der Waals surface area contributed by atoms with E-state index in [0.29, 0.717) is 18.0 Å². The van der Waals surface area contributed by atoms with E-state index in [4.69, 9.17) is 4.74 Å². The molecule has 1 aromatic heterocycles. The second-order valence-corrected chi connectivity index (χ2v) is 6.99. The van der Waals surface area contributed by atoms with Gasteiger partial charge in [0.1, 0.15) is 5.75 Å². The first-order valence-electron chi connectivity index (χ1n) is 8.67. The Kier molecular flexibility index (Phi) is 6.02. The smallest absolute Gasteiger partial charge is 0.226 e. The van der Waals surface area contributed by atoms with Gasteiger partial charge in [-0.05, 0) is 30.5 Å². The van der Waals surface area contributed by atoms with Crippen molar-refractivity contribution in [3.8, 4) is 17.0 Å². The van der Waals surface area contributed by atoms with Crippen LogP contribution in [0.3, 0.4) is 0 Å². The fourth-order valence-electron chi connectivity index (χ4n) is 2.70. The maximum atomic E-state index is 12.3. The van der Waals surface area contributed by atoms with Crippen molar-refractivity contribution in [3.05, 3.63) is 65.0 Å². The summed E-state index contributed by atoms with van der Waals surface area (Å²) in [6.45, 7) is 2.11. The van der Waals surface area contributed by atoms with Gasteiger partial charge in [0.05, 0.1) is 12.8 Å². The lowest BCUT2D eigenvalue weighted by Crippen LogP contribution is -2.12. The van der Waals surface area contributed by atoms with Crippen LogP contribution in [0, 0.1) is 0 Å². The number of methoxy groups -OCH3 is 1. The topological polar surface area (TPSA) is 51.2 Å². The van der Waals surface area contributed by atoms with Gasteiger partial charge >= 0.3 is 0 Å². The van der Waals surface area contributed by atoms with Gasteiger partial charge in [0.25, 0.3) is 0 Å². The van der Waals surface area contributed by atoms with Gasteiger partial charge in [-0.1, -0.05) is 49.4 Å². The molecule has 2 aromatic carbocycles. The quantitative estimate of drug-likeness (QED) is 0.643. The lowest BCUT2D eigenvalue weighted by Gasteiger charge is -2.04. The number of hydrogen-bond acceptors (Lipinski definition) is 4. The fourth-order valence-corrected chi connectivity index (χ4v) is 3.64. The van der Waals surface area contributed by atoms with Crippen LogP contribution >= 0.6 is 11.3 Å². The van der Waals surface area contributed by atoms with Crippen LogP contribution in [0.25, 0.3) is 11.3 Å². The average molecular weight is 366 g/mol. The largest absolute Gasteiger partial charge is 0.497 e. The van der Waals surface area contributed by atoms with Gasteiger partial charge in [-0.3, -0.25) is 4.79 Å². The monoisotopic (exact) mass is 366 g/mol. The number of thiazole rings is 1. The van der Waals surface area contributed by atoms with E-state index in [1.165, 1.54) is 4.88 Å². The summed E-state index contributed by atoms with van der Waals surface area (Å²) in [5, 5.41) is 3.61. The van der Waals surface area contributed by atoms with Crippen molar-refractivity contribution in [1.29, 1.82) is 0 Å². The van der Waals surface area contributed by atoms with Gasteiger partial charge in [-0.2, -0.15) is 0 Å². The summed E-state index contributed by atoms with van der Waals surface area (Å²) in [6, 6.07) is 17.9. The van der Waals surface area contributed by atoms with E-state index in [9.17, 15) is 4.79 Å². The zero-order valence-corrected chi connectivity index (χ0v) is 15.8. The number of carbonyl (C=O) groups is 1. The summed E-state index contributed by atoms with van der Waals surface area (Å²) in [5.74, 6) is 0.804. The number of carbonyl (C=O) groups excluding carboxylic acids is 1. The third-order valence-corrected chi connectivity index (χ3v) is 5.23. The molecule has 4 nitrogen and oxygen atoms in total. The maximum Gasteiger partial charge on any atom is 0.226 e. The van der Waals surface area contributed by atoms with Crippen molar-refractivity contribution in [1.82, 2.24) is 4.98 Å². The number of anilines is 1. The highest BCUT2D eigenvalue weighted by Gasteiger charge is 2.13. The molecule has 1 heterocycles. The molecule has 0 aliphatic carbocycles. The molecule has 0 saturated heterocycles. The van der Waals surface area contributed by atoms with E-state index in [1.807, 2.05) is 54.6 Å². The van der Waals surface area contributed by atoms with E-state index < -0.39 is 0 Å². The van der Waals surface area contributed by atoms with Gasteiger partial charge in [0.2, 0.25) is 5.91 Å². The second kappa shape index (κ2) is 8.63. The standard InChI is InChI=1S/C21H22N2O2S/c1-3-18-20(16-7-5-4-6-8-16)23-21(26-18)22-19(24)14-11-15-9-12-17(25-2)13-10-15/h4-10,12-13H,3,11,14H2,1-2H3,(H,22,23,24). The summed E-state index contributed by atoms with van der Waals surface area (Å²) in [7, 11) is 1.64. The van der Waals surface area contributed by atoms with Gasteiger partial charge in [-0.15, -0.1) is 11.3 Å². The molecule has 0 aliphatic heterocycles. The van der Waals surface area contributed by atoms with Crippen molar-refractivity contribution in [3.63, 3.8) is 0 Å². The number of rotatable bonds is 7. The molecule has 1 N–H and O–H groups in total. The van der Waals surface area contributed by atoms with Gasteiger partial charge in [0.15, 0.2) is 5.13 Å². The summed E-state index contributed by atoms with van der Waals surface area (Å²) >= 11 is 1.55. The van der Waals surface area contributed by atoms with E-state index in [2.05, 4.69) is 17.2 Å². The Morgan fingerprint density at radius 1 is 1.12 bits per heavy atom. The number of hydrogen-bond donors (Lipinski definition) is 1. The molecular weight excluding hydrogens is 344 g/mol. The Labute approximate surface area is 157 Å². The van der Waals surface area contributed by atoms with E-state index in [0.717, 1.165) is 29.0 Å². The highest BCUT2D eigenvalue weighted by molar-refractivity contribution is 7.16. The Morgan fingerprint density at radius 3 is 2.50 bits per heavy atom. The summed E-state index contributed by atoms with van der Waals surface area (Å²) in [5.41, 5.74) is 3.15. The summed E-state index contributed by atoms with van der Waals surface area (Å²) < 4.78 is 5.15. The van der Waals surface area contributed by atoms with Crippen LogP contribution in [0.15, 0.2) is 54.6 Å². The third kappa shape index (κ3) is 4.49. The normalized spacial score (nSPS) is 10.5. The minimum Gasteiger partial charge on any atom is -0.497 e. The number of benzene rings is 2. The van der Waals surface area contributed by atoms with Crippen LogP contribution in [0.2, 0.25) is 0 Å². The molecular formula is C21H22N2O2S. The fraction of sp³-hybridized carbons (Fsp3) is 0.238. The molecule has 3 rings (SSSR count). The SMILES string of the molecule is CCc1sc(NC(=O)CCc2ccc(OC)cc2)nc1-c1ccccc1. The zero-order valence-electron chi connectivity index (χ0n) is 15.0. The first-order valence-corrected chi connectivity index (χ1v) is 9.49. The highest BCUT2D eigenvalue weighted by Crippen LogP contribution is 2.31. The molecule has 3 aromatic rings. The molecule has 0 saturated carbocycles. The number of aryl methyl sites for hydroxylation is 2. The molecule has 0 aliphatic rings. The number of nitrogens with zero attached hydrogens (tertiary/aromatic N) is 1. The summed E-state index contributed by atoms with van der Waals surface area (Å²) in [6.07, 6.45) is 2.00. The van der Waals surface area contributed by atoms with Crippen LogP contribution in [0.5, 0.6) is 5.75 Å². The molecule has 0 atom stereocenters. The molecule has 5 heteroatoms. The van der Waals surface area contributed by atoms with Crippen LogP contribution in [0.1, 0.15) is 23.8 Å². The molecule has 0 bridgehead atoms. The van der Waals surface area contributed by atoms with Gasteiger partial charge in [-0.25, -0.2) is 4.98 Å². The van der Waals surface area contributed by atoms with E-state index in [-0.39, 0.29) is 5.91 Å². The lowest BCUT2D eigenvalue weighted by atomic mass is 10.1. The van der Waals surface area contributed by atoms with Crippen molar-refractivity contribution < 1.29 is 9.53 Å². The minimum atomic E-state index is -0.0168. The van der Waals surface area contributed by atoms with Gasteiger partial charge < -0.3 is 10.1 Å². The number of ether oxygens (including phenoxy) is 1. The molecule has 134 valence electrons. The Morgan fingerprint density at radius 2 is 1.85 bits per heavy atom. The minimum absolute atomic E-state index is 0.0168. The molecule has 0 fully saturated rings. The zero-order chi connectivity index (χ0) is 18.4. The third-order valence-electron chi connectivity index (χ3n) is 4.11. The first kappa shape index (κ1) is 18.1. The Balaban J connectivity index is 1.63. The predicted octanol–water partition coefficient (Wildman–Crippen LogP) is 4.95. The maximum absolute atomic E-state index is 12.3. The average Bonchev–Trinajstić information content (AvgIpc) is 3.10.